The second kappa shape index (κ2) is 2.26. The lowest BCUT2D eigenvalue weighted by molar-refractivity contribution is 0.451. The van der Waals surface area contributed by atoms with E-state index in [0.717, 1.165) is 12.2 Å². The first-order chi connectivity index (χ1) is 5.27. The van der Waals surface area contributed by atoms with Crippen LogP contribution in [0.25, 0.3) is 0 Å². The lowest BCUT2D eigenvalue weighted by Gasteiger charge is -2.21. The molecule has 1 aliphatic rings. The number of aromatic nitrogens is 2. The summed E-state index contributed by atoms with van der Waals surface area (Å²) in [6.07, 6.45) is 1.17. The van der Waals surface area contributed by atoms with Crippen LogP contribution in [0, 0.1) is 6.92 Å². The molecule has 0 saturated carbocycles. The minimum Gasteiger partial charge on any atom is -0.370 e. The van der Waals surface area contributed by atoms with Gasteiger partial charge in [-0.3, -0.25) is 0 Å². The van der Waals surface area contributed by atoms with E-state index in [1.807, 2.05) is 6.92 Å². The molecule has 0 amide bonds. The van der Waals surface area contributed by atoms with Crippen LogP contribution in [0.3, 0.4) is 0 Å². The Morgan fingerprint density at radius 3 is 3.27 bits per heavy atom. The average molecular weight is 151 g/mol. The van der Waals surface area contributed by atoms with Gasteiger partial charge in [0.2, 0.25) is 0 Å². The number of aryl methyl sites for hydroxylation is 1. The summed E-state index contributed by atoms with van der Waals surface area (Å²) >= 11 is 0. The molecule has 3 heteroatoms. The molecule has 2 rings (SSSR count). The first-order valence-corrected chi connectivity index (χ1v) is 4.07. The minimum absolute atomic E-state index is 0.556. The highest BCUT2D eigenvalue weighted by Crippen LogP contribution is 2.22. The molecule has 1 aromatic heterocycles. The van der Waals surface area contributed by atoms with Gasteiger partial charge in [0, 0.05) is 12.6 Å². The van der Waals surface area contributed by atoms with Crippen molar-refractivity contribution in [2.75, 3.05) is 11.9 Å². The number of anilines is 1. The number of hydrogen-bond acceptors (Lipinski definition) is 2. The standard InChI is InChI=1S/C8H13N3/c1-6-5-8-9-4-3-7(2)11(8)10-6/h5,7,9H,3-4H2,1-2H3. The Kier molecular flexibility index (Phi) is 1.37. The van der Waals surface area contributed by atoms with E-state index < -0.39 is 0 Å². The van der Waals surface area contributed by atoms with Crippen LogP contribution in [0.2, 0.25) is 0 Å². The fourth-order valence-corrected chi connectivity index (χ4v) is 1.52. The Morgan fingerprint density at radius 1 is 1.73 bits per heavy atom. The van der Waals surface area contributed by atoms with Gasteiger partial charge in [-0.1, -0.05) is 0 Å². The molecular formula is C8H13N3. The van der Waals surface area contributed by atoms with Crippen molar-refractivity contribution in [3.05, 3.63) is 11.8 Å². The highest BCUT2D eigenvalue weighted by atomic mass is 15.4. The van der Waals surface area contributed by atoms with E-state index in [4.69, 9.17) is 0 Å². The Balaban J connectivity index is 2.43. The maximum absolute atomic E-state index is 4.39. The van der Waals surface area contributed by atoms with Gasteiger partial charge in [-0.2, -0.15) is 5.10 Å². The summed E-state index contributed by atoms with van der Waals surface area (Å²) < 4.78 is 2.07. The van der Waals surface area contributed by atoms with Crippen molar-refractivity contribution in [3.63, 3.8) is 0 Å². The predicted octanol–water partition coefficient (Wildman–Crippen LogP) is 1.57. The van der Waals surface area contributed by atoms with Crippen molar-refractivity contribution in [2.45, 2.75) is 26.3 Å². The highest BCUT2D eigenvalue weighted by Gasteiger charge is 2.15. The molecule has 0 spiro atoms. The molecule has 1 aliphatic heterocycles. The van der Waals surface area contributed by atoms with Gasteiger partial charge in [0.1, 0.15) is 5.82 Å². The van der Waals surface area contributed by atoms with Crippen molar-refractivity contribution in [1.82, 2.24) is 9.78 Å². The van der Waals surface area contributed by atoms with Crippen molar-refractivity contribution < 1.29 is 0 Å². The molecule has 0 saturated heterocycles. The van der Waals surface area contributed by atoms with Crippen LogP contribution in [0.4, 0.5) is 5.82 Å². The Morgan fingerprint density at radius 2 is 2.55 bits per heavy atom. The van der Waals surface area contributed by atoms with Crippen LogP contribution >= 0.6 is 0 Å². The van der Waals surface area contributed by atoms with Crippen molar-refractivity contribution in [3.8, 4) is 0 Å². The fraction of sp³-hybridized carbons (Fsp3) is 0.625. The molecule has 0 bridgehead atoms. The third-order valence-electron chi connectivity index (χ3n) is 2.14. The Labute approximate surface area is 66.4 Å². The van der Waals surface area contributed by atoms with E-state index in [-0.39, 0.29) is 0 Å². The molecule has 1 unspecified atom stereocenters. The third-order valence-corrected chi connectivity index (χ3v) is 2.14. The lowest BCUT2D eigenvalue weighted by Crippen LogP contribution is -2.21. The molecule has 1 N–H and O–H groups in total. The molecule has 0 aromatic carbocycles. The van der Waals surface area contributed by atoms with Crippen LogP contribution in [0.1, 0.15) is 25.1 Å². The van der Waals surface area contributed by atoms with Crippen molar-refractivity contribution >= 4 is 5.82 Å². The first kappa shape index (κ1) is 6.70. The zero-order chi connectivity index (χ0) is 7.84. The van der Waals surface area contributed by atoms with Gasteiger partial charge in [-0.25, -0.2) is 4.68 Å². The maximum Gasteiger partial charge on any atom is 0.124 e. The molecule has 2 heterocycles. The van der Waals surface area contributed by atoms with Gasteiger partial charge < -0.3 is 5.32 Å². The van der Waals surface area contributed by atoms with Crippen molar-refractivity contribution in [2.24, 2.45) is 0 Å². The van der Waals surface area contributed by atoms with Gasteiger partial charge in [0.25, 0.3) is 0 Å². The zero-order valence-electron chi connectivity index (χ0n) is 6.96. The molecule has 3 nitrogen and oxygen atoms in total. The summed E-state index contributed by atoms with van der Waals surface area (Å²) in [5.74, 6) is 1.17. The predicted molar refractivity (Wildman–Crippen MR) is 44.8 cm³/mol. The van der Waals surface area contributed by atoms with Gasteiger partial charge in [0.05, 0.1) is 11.7 Å². The second-order valence-electron chi connectivity index (χ2n) is 3.18. The van der Waals surface area contributed by atoms with E-state index in [1.54, 1.807) is 0 Å². The van der Waals surface area contributed by atoms with E-state index >= 15 is 0 Å². The number of fused-ring (bicyclic) bond motifs is 1. The van der Waals surface area contributed by atoms with Gasteiger partial charge in [-0.15, -0.1) is 0 Å². The van der Waals surface area contributed by atoms with Crippen LogP contribution in [-0.2, 0) is 0 Å². The summed E-state index contributed by atoms with van der Waals surface area (Å²) in [4.78, 5) is 0. The molecule has 1 aromatic rings. The minimum atomic E-state index is 0.556. The Bertz CT molecular complexity index is 264. The molecular weight excluding hydrogens is 138 g/mol. The number of nitrogens with one attached hydrogen (secondary N) is 1. The van der Waals surface area contributed by atoms with E-state index in [0.29, 0.717) is 6.04 Å². The quantitative estimate of drug-likeness (QED) is 0.610. The molecule has 11 heavy (non-hydrogen) atoms. The second-order valence-corrected chi connectivity index (χ2v) is 3.18. The topological polar surface area (TPSA) is 29.9 Å². The lowest BCUT2D eigenvalue weighted by atomic mass is 10.2. The third kappa shape index (κ3) is 1.00. The van der Waals surface area contributed by atoms with Gasteiger partial charge in [-0.05, 0) is 20.3 Å². The van der Waals surface area contributed by atoms with E-state index in [9.17, 15) is 0 Å². The molecule has 60 valence electrons. The fourth-order valence-electron chi connectivity index (χ4n) is 1.52. The summed E-state index contributed by atoms with van der Waals surface area (Å²) in [7, 11) is 0. The van der Waals surface area contributed by atoms with Crippen molar-refractivity contribution in [1.29, 1.82) is 0 Å². The zero-order valence-corrected chi connectivity index (χ0v) is 6.96. The van der Waals surface area contributed by atoms with Crippen LogP contribution < -0.4 is 5.32 Å². The average Bonchev–Trinajstić information content (AvgIpc) is 2.31. The summed E-state index contributed by atoms with van der Waals surface area (Å²) in [5, 5.41) is 7.70. The largest absolute Gasteiger partial charge is 0.370 e. The van der Waals surface area contributed by atoms with E-state index in [1.165, 1.54) is 12.2 Å². The Hall–Kier alpha value is -0.990. The maximum atomic E-state index is 4.39. The molecule has 1 atom stereocenters. The summed E-state index contributed by atoms with van der Waals surface area (Å²) in [5.41, 5.74) is 1.10. The van der Waals surface area contributed by atoms with Crippen LogP contribution in [-0.4, -0.2) is 16.3 Å². The highest BCUT2D eigenvalue weighted by molar-refractivity contribution is 5.38. The van der Waals surface area contributed by atoms with E-state index in [2.05, 4.69) is 28.1 Å². The summed E-state index contributed by atoms with van der Waals surface area (Å²) in [6, 6.07) is 2.65. The first-order valence-electron chi connectivity index (χ1n) is 4.07. The van der Waals surface area contributed by atoms with Gasteiger partial charge >= 0.3 is 0 Å². The molecule has 0 radical (unpaired) electrons. The SMILES string of the molecule is Cc1cc2n(n1)C(C)CCN2. The van der Waals surface area contributed by atoms with Crippen LogP contribution in [0.5, 0.6) is 0 Å². The smallest absolute Gasteiger partial charge is 0.124 e. The molecule has 0 aliphatic carbocycles. The normalized spacial score (nSPS) is 22.5. The van der Waals surface area contributed by atoms with Crippen LogP contribution in [0.15, 0.2) is 6.07 Å². The van der Waals surface area contributed by atoms with Gasteiger partial charge in [0.15, 0.2) is 0 Å². The number of hydrogen-bond donors (Lipinski definition) is 1. The number of nitrogens with zero attached hydrogens (tertiary/aromatic N) is 2. The number of rotatable bonds is 0. The summed E-state index contributed by atoms with van der Waals surface area (Å²) in [6.45, 7) is 5.31. The molecule has 0 fully saturated rings. The monoisotopic (exact) mass is 151 g/mol.